The van der Waals surface area contributed by atoms with Gasteiger partial charge in [-0.1, -0.05) is 36.8 Å². The van der Waals surface area contributed by atoms with Crippen molar-refractivity contribution in [1.29, 1.82) is 0 Å². The van der Waals surface area contributed by atoms with Crippen molar-refractivity contribution in [2.75, 3.05) is 6.61 Å². The largest absolute Gasteiger partial charge is 0.455 e. The Morgan fingerprint density at radius 1 is 0.963 bits per heavy atom. The van der Waals surface area contributed by atoms with Crippen LogP contribution < -0.4 is 10.9 Å². The van der Waals surface area contributed by atoms with Crippen molar-refractivity contribution >= 4 is 17.8 Å². The summed E-state index contributed by atoms with van der Waals surface area (Å²) < 4.78 is 18.3. The van der Waals surface area contributed by atoms with Gasteiger partial charge < -0.3 is 4.74 Å². The summed E-state index contributed by atoms with van der Waals surface area (Å²) in [5, 5.41) is 0. The van der Waals surface area contributed by atoms with Crippen LogP contribution >= 0.6 is 0 Å². The fourth-order valence-electron chi connectivity index (χ4n) is 3.00. The lowest BCUT2D eigenvalue weighted by Gasteiger charge is -2.39. The number of carbonyl (C=O) groups excluding carboxylic acids is 3. The average molecular weight is 370 g/mol. The second-order valence-corrected chi connectivity index (χ2v) is 6.39. The third-order valence-corrected chi connectivity index (χ3v) is 4.68. The molecule has 2 aromatic rings. The molecule has 27 heavy (non-hydrogen) atoms. The Kier molecular flexibility index (Phi) is 5.49. The molecular weight excluding hydrogens is 351 g/mol. The topological polar surface area (TPSA) is 84.5 Å². The molecule has 0 radical (unpaired) electrons. The van der Waals surface area contributed by atoms with Gasteiger partial charge in [0.25, 0.3) is 11.8 Å². The smallest absolute Gasteiger partial charge is 0.317 e. The van der Waals surface area contributed by atoms with Gasteiger partial charge in [0, 0.05) is 5.56 Å². The number of esters is 1. The van der Waals surface area contributed by atoms with Crippen molar-refractivity contribution in [3.05, 3.63) is 71.5 Å². The lowest BCUT2D eigenvalue weighted by molar-refractivity contribution is -0.157. The predicted molar refractivity (Wildman–Crippen MR) is 94.9 cm³/mol. The maximum absolute atomic E-state index is 13.1. The number of rotatable bonds is 5. The van der Waals surface area contributed by atoms with Crippen LogP contribution in [0.5, 0.6) is 0 Å². The van der Waals surface area contributed by atoms with Crippen molar-refractivity contribution in [2.24, 2.45) is 0 Å². The van der Waals surface area contributed by atoms with E-state index in [0.29, 0.717) is 24.0 Å². The summed E-state index contributed by atoms with van der Waals surface area (Å²) in [7, 11) is 0. The van der Waals surface area contributed by atoms with Crippen LogP contribution in [0.3, 0.4) is 0 Å². The lowest BCUT2D eigenvalue weighted by Crippen LogP contribution is -2.47. The van der Waals surface area contributed by atoms with E-state index in [1.165, 1.54) is 12.1 Å². The normalized spacial score (nSPS) is 14.6. The number of benzene rings is 2. The summed E-state index contributed by atoms with van der Waals surface area (Å²) in [6.07, 6.45) is 2.03. The number of hydrazine groups is 1. The van der Waals surface area contributed by atoms with Gasteiger partial charge in [-0.15, -0.1) is 0 Å². The molecule has 2 aromatic carbocycles. The van der Waals surface area contributed by atoms with Gasteiger partial charge >= 0.3 is 5.97 Å². The minimum Gasteiger partial charge on any atom is -0.455 e. The molecule has 0 aliphatic heterocycles. The summed E-state index contributed by atoms with van der Waals surface area (Å²) >= 11 is 0. The molecule has 0 aromatic heterocycles. The van der Waals surface area contributed by atoms with Gasteiger partial charge in [-0.25, -0.2) is 4.39 Å². The van der Waals surface area contributed by atoms with E-state index in [-0.39, 0.29) is 5.82 Å². The molecule has 7 heteroatoms. The minimum absolute atomic E-state index is 0.380. The zero-order valence-electron chi connectivity index (χ0n) is 14.5. The van der Waals surface area contributed by atoms with Gasteiger partial charge in [0.2, 0.25) is 0 Å². The van der Waals surface area contributed by atoms with Gasteiger partial charge in [0.15, 0.2) is 6.61 Å². The van der Waals surface area contributed by atoms with E-state index < -0.39 is 29.8 Å². The molecule has 1 fully saturated rings. The third kappa shape index (κ3) is 4.13. The van der Waals surface area contributed by atoms with E-state index in [0.717, 1.165) is 6.42 Å². The first-order valence-electron chi connectivity index (χ1n) is 8.59. The number of halogens is 1. The van der Waals surface area contributed by atoms with Crippen molar-refractivity contribution in [1.82, 2.24) is 10.9 Å². The first-order valence-corrected chi connectivity index (χ1v) is 8.59. The number of amides is 2. The molecule has 0 unspecified atom stereocenters. The van der Waals surface area contributed by atoms with Crippen molar-refractivity contribution in [3.63, 3.8) is 0 Å². The Morgan fingerprint density at radius 2 is 1.63 bits per heavy atom. The number of hydrogen-bond donors (Lipinski definition) is 2. The van der Waals surface area contributed by atoms with E-state index in [9.17, 15) is 18.8 Å². The van der Waals surface area contributed by atoms with Crippen LogP contribution in [-0.2, 0) is 19.7 Å². The standard InChI is InChI=1S/C20H19FN2O4/c21-16-9-7-15(8-10-16)20(11-4-12-20)19(26)27-13-17(24)22-23-18(25)14-5-2-1-3-6-14/h1-3,5-10H,4,11-13H2,(H,22,24)(H,23,25). The first-order chi connectivity index (χ1) is 13.0. The van der Waals surface area contributed by atoms with Crippen molar-refractivity contribution in [3.8, 4) is 0 Å². The van der Waals surface area contributed by atoms with Crippen LogP contribution in [0.1, 0.15) is 35.2 Å². The molecule has 0 heterocycles. The average Bonchev–Trinajstić information content (AvgIpc) is 2.65. The number of hydrogen-bond acceptors (Lipinski definition) is 4. The van der Waals surface area contributed by atoms with Crippen LogP contribution in [0.25, 0.3) is 0 Å². The van der Waals surface area contributed by atoms with Gasteiger partial charge in [-0.2, -0.15) is 0 Å². The molecule has 6 nitrogen and oxygen atoms in total. The number of ether oxygens (including phenoxy) is 1. The van der Waals surface area contributed by atoms with Gasteiger partial charge in [0.05, 0.1) is 5.41 Å². The molecule has 2 amide bonds. The molecule has 140 valence electrons. The van der Waals surface area contributed by atoms with Crippen LogP contribution in [0.4, 0.5) is 4.39 Å². The zero-order valence-corrected chi connectivity index (χ0v) is 14.5. The van der Waals surface area contributed by atoms with Gasteiger partial charge in [0.1, 0.15) is 5.82 Å². The first kappa shape index (κ1) is 18.6. The molecule has 0 saturated heterocycles. The molecule has 1 saturated carbocycles. The molecule has 0 bridgehead atoms. The molecule has 1 aliphatic rings. The molecule has 3 rings (SSSR count). The Bertz CT molecular complexity index is 833. The van der Waals surface area contributed by atoms with Crippen molar-refractivity contribution < 1.29 is 23.5 Å². The predicted octanol–water partition coefficient (Wildman–Crippen LogP) is 2.25. The fraction of sp³-hybridized carbons (Fsp3) is 0.250. The van der Waals surface area contributed by atoms with Gasteiger partial charge in [-0.05, 0) is 42.7 Å². The highest BCUT2D eigenvalue weighted by molar-refractivity contribution is 5.95. The molecular formula is C20H19FN2O4. The van der Waals surface area contributed by atoms with Crippen LogP contribution in [-0.4, -0.2) is 24.4 Å². The maximum Gasteiger partial charge on any atom is 0.317 e. The van der Waals surface area contributed by atoms with E-state index in [4.69, 9.17) is 4.74 Å². The molecule has 2 N–H and O–H groups in total. The fourth-order valence-corrected chi connectivity index (χ4v) is 3.00. The van der Waals surface area contributed by atoms with Gasteiger partial charge in [-0.3, -0.25) is 25.2 Å². The summed E-state index contributed by atoms with van der Waals surface area (Å²) in [5.74, 6) is -2.03. The molecule has 0 atom stereocenters. The number of carbonyl (C=O) groups is 3. The second kappa shape index (κ2) is 7.99. The summed E-state index contributed by atoms with van der Waals surface area (Å²) in [5.41, 5.74) is 4.70. The minimum atomic E-state index is -0.832. The quantitative estimate of drug-likeness (QED) is 0.625. The summed E-state index contributed by atoms with van der Waals surface area (Å²) in [6, 6.07) is 14.1. The Morgan fingerprint density at radius 3 is 2.22 bits per heavy atom. The van der Waals surface area contributed by atoms with E-state index >= 15 is 0 Å². The highest BCUT2D eigenvalue weighted by Crippen LogP contribution is 2.44. The molecule has 1 aliphatic carbocycles. The van der Waals surface area contributed by atoms with Crippen LogP contribution in [0.2, 0.25) is 0 Å². The highest BCUT2D eigenvalue weighted by Gasteiger charge is 2.47. The summed E-state index contributed by atoms with van der Waals surface area (Å²) in [6.45, 7) is -0.517. The summed E-state index contributed by atoms with van der Waals surface area (Å²) in [4.78, 5) is 36.2. The van der Waals surface area contributed by atoms with E-state index in [2.05, 4.69) is 10.9 Å². The zero-order chi connectivity index (χ0) is 19.3. The van der Waals surface area contributed by atoms with Crippen LogP contribution in [0.15, 0.2) is 54.6 Å². The Labute approximate surface area is 155 Å². The third-order valence-electron chi connectivity index (χ3n) is 4.68. The Balaban J connectivity index is 1.51. The SMILES string of the molecule is O=C(COC(=O)C1(c2ccc(F)cc2)CCC1)NNC(=O)c1ccccc1. The highest BCUT2D eigenvalue weighted by atomic mass is 19.1. The number of nitrogens with one attached hydrogen (secondary N) is 2. The second-order valence-electron chi connectivity index (χ2n) is 6.39. The van der Waals surface area contributed by atoms with Crippen molar-refractivity contribution in [2.45, 2.75) is 24.7 Å². The Hall–Kier alpha value is -3.22. The van der Waals surface area contributed by atoms with E-state index in [1.807, 2.05) is 0 Å². The maximum atomic E-state index is 13.1. The molecule has 0 spiro atoms. The monoisotopic (exact) mass is 370 g/mol. The van der Waals surface area contributed by atoms with Crippen LogP contribution in [0, 0.1) is 5.82 Å². The van der Waals surface area contributed by atoms with E-state index in [1.54, 1.807) is 42.5 Å². The lowest BCUT2D eigenvalue weighted by atomic mass is 9.64.